The number of aliphatic hydroxyl groups excluding tert-OH is 3. The van der Waals surface area contributed by atoms with Crippen LogP contribution in [0, 0.1) is 11.7 Å². The van der Waals surface area contributed by atoms with Crippen molar-refractivity contribution in [1.82, 2.24) is 20.1 Å². The van der Waals surface area contributed by atoms with E-state index in [0.717, 1.165) is 55.9 Å². The van der Waals surface area contributed by atoms with Crippen LogP contribution in [0.25, 0.3) is 10.9 Å². The summed E-state index contributed by atoms with van der Waals surface area (Å²) >= 11 is 0. The third-order valence-electron chi connectivity index (χ3n) is 9.61. The van der Waals surface area contributed by atoms with Crippen LogP contribution >= 0.6 is 0 Å². The summed E-state index contributed by atoms with van der Waals surface area (Å²) in [6, 6.07) is 3.33. The van der Waals surface area contributed by atoms with Crippen LogP contribution in [0.4, 0.5) is 4.39 Å². The average molecular weight is 589 g/mol. The second-order valence-corrected chi connectivity index (χ2v) is 12.4. The fraction of sp³-hybridized carbons (Fsp3) is 0.677. The van der Waals surface area contributed by atoms with Gasteiger partial charge < -0.3 is 40.2 Å². The van der Waals surface area contributed by atoms with E-state index in [1.54, 1.807) is 37.7 Å². The van der Waals surface area contributed by atoms with Crippen LogP contribution in [0.3, 0.4) is 0 Å². The fourth-order valence-electron chi connectivity index (χ4n) is 6.96. The maximum Gasteiger partial charge on any atom is 0.245 e. The van der Waals surface area contributed by atoms with E-state index in [-0.39, 0.29) is 23.8 Å². The Labute approximate surface area is 246 Å². The van der Waals surface area contributed by atoms with Gasteiger partial charge in [0.05, 0.1) is 17.7 Å². The number of ether oxygens (including phenoxy) is 1. The normalized spacial score (nSPS) is 30.4. The second kappa shape index (κ2) is 13.0. The molecule has 42 heavy (non-hydrogen) atoms. The number of hydrogen-bond acceptors (Lipinski definition) is 7. The van der Waals surface area contributed by atoms with Crippen molar-refractivity contribution < 1.29 is 34.0 Å². The van der Waals surface area contributed by atoms with Crippen molar-refractivity contribution >= 4 is 22.7 Å². The number of hydrogen-bond donors (Lipinski definition) is 5. The first-order chi connectivity index (χ1) is 20.1. The molecule has 5 rings (SSSR count). The summed E-state index contributed by atoms with van der Waals surface area (Å²) in [5.41, 5.74) is 1.36. The monoisotopic (exact) mass is 588 g/mol. The first-order valence-corrected chi connectivity index (χ1v) is 15.4. The number of aliphatic hydroxyl groups is 3. The first kappa shape index (κ1) is 30.9. The van der Waals surface area contributed by atoms with Crippen LogP contribution < -0.4 is 10.6 Å². The summed E-state index contributed by atoms with van der Waals surface area (Å²) in [5, 5.41) is 38.2. The summed E-state index contributed by atoms with van der Waals surface area (Å²) in [7, 11) is 1.72. The van der Waals surface area contributed by atoms with Crippen LogP contribution in [0.15, 0.2) is 24.4 Å². The highest BCUT2D eigenvalue weighted by Gasteiger charge is 2.43. The minimum Gasteiger partial charge on any atom is -0.388 e. The molecule has 3 fully saturated rings. The molecule has 0 spiro atoms. The molecule has 2 amide bonds. The minimum atomic E-state index is -1.42. The Hall–Kier alpha value is -2.57. The zero-order chi connectivity index (χ0) is 30.1. The van der Waals surface area contributed by atoms with E-state index >= 15 is 0 Å². The van der Waals surface area contributed by atoms with Gasteiger partial charge in [-0.3, -0.25) is 9.59 Å². The molecule has 1 aromatic heterocycles. The molecule has 11 heteroatoms. The predicted octanol–water partition coefficient (Wildman–Crippen LogP) is 1.99. The molecule has 232 valence electrons. The van der Waals surface area contributed by atoms with Crippen molar-refractivity contribution in [3.8, 4) is 0 Å². The predicted molar refractivity (Wildman–Crippen MR) is 155 cm³/mol. The molecule has 1 aromatic carbocycles. The summed E-state index contributed by atoms with van der Waals surface area (Å²) in [5.74, 6) is -0.589. The topological polar surface area (TPSA) is 136 Å². The van der Waals surface area contributed by atoms with Gasteiger partial charge in [-0.15, -0.1) is 0 Å². The molecule has 10 nitrogen and oxygen atoms in total. The molecule has 2 saturated heterocycles. The van der Waals surface area contributed by atoms with Crippen molar-refractivity contribution in [2.75, 3.05) is 13.6 Å². The molecule has 0 bridgehead atoms. The van der Waals surface area contributed by atoms with Gasteiger partial charge in [-0.2, -0.15) is 0 Å². The van der Waals surface area contributed by atoms with Gasteiger partial charge in [0.2, 0.25) is 11.8 Å². The van der Waals surface area contributed by atoms with Gasteiger partial charge in [0.1, 0.15) is 30.2 Å². The number of likely N-dealkylation sites (tertiary alicyclic amines) is 1. The number of amides is 2. The molecule has 1 aliphatic carbocycles. The van der Waals surface area contributed by atoms with E-state index in [1.165, 1.54) is 12.1 Å². The molecule has 0 radical (unpaired) electrons. The summed E-state index contributed by atoms with van der Waals surface area (Å²) in [6.45, 7) is 3.99. The van der Waals surface area contributed by atoms with Gasteiger partial charge in [-0.1, -0.05) is 19.3 Å². The lowest BCUT2D eigenvalue weighted by Crippen LogP contribution is -2.56. The standard InChI is InChI=1S/C31H45FN4O6/c1-17(33-3)29(40)34-25(19-8-5-4-6-9-19)30(41)35-13-7-10-22(35)14-20-16-36(24-15-21(32)11-12-23(20)24)31-28(39)27(38)26(37)18(2)42-31/h11-12,15-19,22,25-28,31,33,37-39H,4-10,13-14H2,1-3H3,(H,34,40)/t17-,18-,22-,25-,26+,27+,28-,31?/m0/s1. The highest BCUT2D eigenvalue weighted by atomic mass is 19.1. The number of aromatic nitrogens is 1. The molecule has 5 N–H and O–H groups in total. The smallest absolute Gasteiger partial charge is 0.245 e. The molecule has 2 aliphatic heterocycles. The van der Waals surface area contributed by atoms with E-state index in [4.69, 9.17) is 4.74 Å². The number of likely N-dealkylation sites (N-methyl/N-ethyl adjacent to an activating group) is 1. The van der Waals surface area contributed by atoms with E-state index in [0.29, 0.717) is 18.5 Å². The third-order valence-corrected chi connectivity index (χ3v) is 9.61. The lowest BCUT2D eigenvalue weighted by Gasteiger charge is -2.40. The number of fused-ring (bicyclic) bond motifs is 1. The quantitative estimate of drug-likeness (QED) is 0.318. The van der Waals surface area contributed by atoms with Crippen LogP contribution in [0.5, 0.6) is 0 Å². The van der Waals surface area contributed by atoms with Gasteiger partial charge in [-0.05, 0) is 82.7 Å². The number of benzene rings is 1. The summed E-state index contributed by atoms with van der Waals surface area (Å²) in [6.07, 6.45) is 3.11. The highest BCUT2D eigenvalue weighted by molar-refractivity contribution is 5.90. The molecule has 3 aliphatic rings. The number of nitrogens with zero attached hydrogens (tertiary/aromatic N) is 2. The molecular weight excluding hydrogens is 543 g/mol. The van der Waals surface area contributed by atoms with E-state index in [1.807, 2.05) is 4.90 Å². The summed E-state index contributed by atoms with van der Waals surface area (Å²) in [4.78, 5) is 28.9. The highest BCUT2D eigenvalue weighted by Crippen LogP contribution is 2.36. The van der Waals surface area contributed by atoms with Gasteiger partial charge in [0.25, 0.3) is 0 Å². The van der Waals surface area contributed by atoms with Crippen molar-refractivity contribution in [3.05, 3.63) is 35.8 Å². The Balaban J connectivity index is 1.42. The average Bonchev–Trinajstić information content (AvgIpc) is 3.60. The van der Waals surface area contributed by atoms with Crippen LogP contribution in [-0.4, -0.2) is 92.7 Å². The van der Waals surface area contributed by atoms with E-state index in [2.05, 4.69) is 10.6 Å². The Morgan fingerprint density at radius 3 is 2.52 bits per heavy atom. The zero-order valence-corrected chi connectivity index (χ0v) is 24.7. The third kappa shape index (κ3) is 6.07. The molecule has 8 atom stereocenters. The Kier molecular flexibility index (Phi) is 9.53. The fourth-order valence-corrected chi connectivity index (χ4v) is 6.96. The SMILES string of the molecule is CN[C@@H](C)C(=O)N[C@H](C(=O)N1CCC[C@H]1Cc1cn(C2O[C@@H](C)[C@@H](O)[C@@H](O)[C@@H]2O)c2cc(F)ccc12)C1CCCCC1. The van der Waals surface area contributed by atoms with E-state index in [9.17, 15) is 29.3 Å². The van der Waals surface area contributed by atoms with Gasteiger partial charge in [0, 0.05) is 24.2 Å². The number of halogens is 1. The van der Waals surface area contributed by atoms with Crippen LogP contribution in [-0.2, 0) is 20.7 Å². The lowest BCUT2D eigenvalue weighted by molar-refractivity contribution is -0.239. The van der Waals surface area contributed by atoms with Crippen molar-refractivity contribution in [2.45, 2.75) is 114 Å². The molecule has 1 unspecified atom stereocenters. The molecule has 2 aromatic rings. The van der Waals surface area contributed by atoms with E-state index < -0.39 is 48.5 Å². The van der Waals surface area contributed by atoms with Gasteiger partial charge in [0.15, 0.2) is 6.23 Å². The lowest BCUT2D eigenvalue weighted by atomic mass is 9.83. The Morgan fingerprint density at radius 2 is 1.81 bits per heavy atom. The second-order valence-electron chi connectivity index (χ2n) is 12.4. The van der Waals surface area contributed by atoms with Crippen molar-refractivity contribution in [1.29, 1.82) is 0 Å². The molecule has 3 heterocycles. The van der Waals surface area contributed by atoms with Crippen molar-refractivity contribution in [2.24, 2.45) is 5.92 Å². The maximum atomic E-state index is 14.4. The Morgan fingerprint density at radius 1 is 1.07 bits per heavy atom. The molecule has 1 saturated carbocycles. The molecular formula is C31H45FN4O6. The Bertz CT molecular complexity index is 1270. The zero-order valence-electron chi connectivity index (χ0n) is 24.7. The largest absolute Gasteiger partial charge is 0.388 e. The van der Waals surface area contributed by atoms with Crippen LogP contribution in [0.1, 0.15) is 70.6 Å². The first-order valence-electron chi connectivity index (χ1n) is 15.4. The number of nitrogens with one attached hydrogen (secondary N) is 2. The maximum absolute atomic E-state index is 14.4. The van der Waals surface area contributed by atoms with Crippen molar-refractivity contribution in [3.63, 3.8) is 0 Å². The minimum absolute atomic E-state index is 0.0483. The van der Waals surface area contributed by atoms with Gasteiger partial charge >= 0.3 is 0 Å². The number of rotatable bonds is 8. The number of carbonyl (C=O) groups is 2. The van der Waals surface area contributed by atoms with Crippen LogP contribution in [0.2, 0.25) is 0 Å². The van der Waals surface area contributed by atoms with Gasteiger partial charge in [-0.25, -0.2) is 4.39 Å². The number of carbonyl (C=O) groups excluding carboxylic acids is 2. The summed E-state index contributed by atoms with van der Waals surface area (Å²) < 4.78 is 21.9.